The Labute approximate surface area is 143 Å². The summed E-state index contributed by atoms with van der Waals surface area (Å²) in [6.45, 7) is 1.52. The van der Waals surface area contributed by atoms with Crippen LogP contribution in [0.25, 0.3) is 0 Å². The molecule has 0 aliphatic carbocycles. The number of para-hydroxylation sites is 1. The monoisotopic (exact) mass is 352 g/mol. The number of carbonyl (C=O) groups excluding carboxylic acids is 1. The minimum absolute atomic E-state index is 0.120. The average molecular weight is 353 g/mol. The molecular weight excluding hydrogens is 339 g/mol. The number of aromatic hydroxyl groups is 1. The van der Waals surface area contributed by atoms with Gasteiger partial charge in [0.2, 0.25) is 0 Å². The van der Waals surface area contributed by atoms with Gasteiger partial charge in [-0.2, -0.15) is 5.10 Å². The van der Waals surface area contributed by atoms with Crippen LogP contribution in [-0.2, 0) is 4.79 Å². The van der Waals surface area contributed by atoms with Crippen LogP contribution in [0.1, 0.15) is 11.1 Å². The summed E-state index contributed by atoms with van der Waals surface area (Å²) in [4.78, 5) is 11.7. The summed E-state index contributed by atoms with van der Waals surface area (Å²) in [7, 11) is 0. The Kier molecular flexibility index (Phi) is 5.84. The first-order valence-corrected chi connectivity index (χ1v) is 7.41. The quantitative estimate of drug-likeness (QED) is 0.638. The minimum Gasteiger partial charge on any atom is -0.507 e. The molecule has 1 amide bonds. The molecule has 0 atom stereocenters. The Bertz CT molecular complexity index is 748. The van der Waals surface area contributed by atoms with Crippen LogP contribution in [0.5, 0.6) is 11.5 Å². The zero-order valence-electron chi connectivity index (χ0n) is 12.2. The number of nitrogens with zero attached hydrogens (tertiary/aromatic N) is 1. The van der Waals surface area contributed by atoms with E-state index < -0.39 is 5.91 Å². The summed E-state index contributed by atoms with van der Waals surface area (Å²) in [6.07, 6.45) is 1.36. The normalized spacial score (nSPS) is 10.7. The summed E-state index contributed by atoms with van der Waals surface area (Å²) in [5.41, 5.74) is 3.53. The fourth-order valence-electron chi connectivity index (χ4n) is 1.73. The molecule has 120 valence electrons. The fraction of sp³-hybridized carbons (Fsp3) is 0.125. The van der Waals surface area contributed by atoms with Gasteiger partial charge in [-0.05, 0) is 36.8 Å². The maximum absolute atomic E-state index is 11.7. The minimum atomic E-state index is -0.459. The second-order valence-electron chi connectivity index (χ2n) is 4.67. The van der Waals surface area contributed by atoms with Crippen LogP contribution in [0, 0.1) is 6.92 Å². The average Bonchev–Trinajstić information content (AvgIpc) is 2.50. The number of hydrogen-bond donors (Lipinski definition) is 2. The number of benzene rings is 2. The fourth-order valence-corrected chi connectivity index (χ4v) is 2.19. The van der Waals surface area contributed by atoms with Crippen LogP contribution in [-0.4, -0.2) is 23.8 Å². The zero-order valence-corrected chi connectivity index (χ0v) is 13.7. The summed E-state index contributed by atoms with van der Waals surface area (Å²) in [5, 5.41) is 14.4. The summed E-state index contributed by atoms with van der Waals surface area (Å²) in [5.74, 6) is 0.0145. The number of nitrogens with one attached hydrogen (secondary N) is 1. The Hall–Kier alpha value is -2.24. The van der Waals surface area contributed by atoms with E-state index >= 15 is 0 Å². The summed E-state index contributed by atoms with van der Waals surface area (Å²) in [6, 6.07) is 9.95. The topological polar surface area (TPSA) is 70.9 Å². The highest BCUT2D eigenvalue weighted by molar-refractivity contribution is 6.35. The van der Waals surface area contributed by atoms with Gasteiger partial charge in [-0.25, -0.2) is 5.43 Å². The molecule has 2 N–H and O–H groups in total. The van der Waals surface area contributed by atoms with Gasteiger partial charge in [0, 0.05) is 10.6 Å². The van der Waals surface area contributed by atoms with E-state index in [1.807, 2.05) is 0 Å². The number of rotatable bonds is 5. The van der Waals surface area contributed by atoms with Gasteiger partial charge in [0.15, 0.2) is 6.61 Å². The Morgan fingerprint density at radius 3 is 2.87 bits per heavy atom. The maximum Gasteiger partial charge on any atom is 0.277 e. The van der Waals surface area contributed by atoms with Gasteiger partial charge in [-0.15, -0.1) is 0 Å². The standard InChI is InChI=1S/C16H14Cl2N2O3/c1-10-3-2-4-11(16(10)22)8-19-20-15(21)9-23-14-6-5-12(17)7-13(14)18/h2-8,22H,9H2,1H3,(H,20,21). The number of hydrogen-bond acceptors (Lipinski definition) is 4. The molecule has 0 aliphatic heterocycles. The highest BCUT2D eigenvalue weighted by Gasteiger charge is 2.06. The van der Waals surface area contributed by atoms with Crippen LogP contribution in [0.3, 0.4) is 0 Å². The molecule has 0 spiro atoms. The first-order valence-electron chi connectivity index (χ1n) is 6.65. The van der Waals surface area contributed by atoms with Gasteiger partial charge >= 0.3 is 0 Å². The van der Waals surface area contributed by atoms with Crippen molar-refractivity contribution in [2.45, 2.75) is 6.92 Å². The molecular formula is C16H14Cl2N2O3. The molecule has 2 aromatic rings. The van der Waals surface area contributed by atoms with Crippen molar-refractivity contribution in [1.82, 2.24) is 5.43 Å². The molecule has 23 heavy (non-hydrogen) atoms. The second kappa shape index (κ2) is 7.85. The summed E-state index contributed by atoms with van der Waals surface area (Å²) >= 11 is 11.7. The van der Waals surface area contributed by atoms with E-state index in [1.165, 1.54) is 12.3 Å². The van der Waals surface area contributed by atoms with Gasteiger partial charge in [-0.3, -0.25) is 4.79 Å². The Morgan fingerprint density at radius 1 is 1.35 bits per heavy atom. The van der Waals surface area contributed by atoms with Crippen molar-refractivity contribution in [1.29, 1.82) is 0 Å². The third-order valence-electron chi connectivity index (χ3n) is 2.91. The van der Waals surface area contributed by atoms with Crippen LogP contribution >= 0.6 is 23.2 Å². The molecule has 7 heteroatoms. The van der Waals surface area contributed by atoms with E-state index in [4.69, 9.17) is 27.9 Å². The van der Waals surface area contributed by atoms with Gasteiger partial charge in [0.25, 0.3) is 5.91 Å². The first-order chi connectivity index (χ1) is 11.0. The van der Waals surface area contributed by atoms with E-state index in [1.54, 1.807) is 37.3 Å². The molecule has 0 saturated heterocycles. The lowest BCUT2D eigenvalue weighted by molar-refractivity contribution is -0.123. The molecule has 2 rings (SSSR count). The number of phenols is 1. The number of ether oxygens (including phenoxy) is 1. The predicted molar refractivity (Wildman–Crippen MR) is 90.5 cm³/mol. The lowest BCUT2D eigenvalue weighted by Crippen LogP contribution is -2.24. The van der Waals surface area contributed by atoms with Crippen molar-refractivity contribution in [2.75, 3.05) is 6.61 Å². The molecule has 2 aromatic carbocycles. The smallest absolute Gasteiger partial charge is 0.277 e. The van der Waals surface area contributed by atoms with Crippen molar-refractivity contribution >= 4 is 35.3 Å². The van der Waals surface area contributed by atoms with Crippen LogP contribution in [0.2, 0.25) is 10.0 Å². The van der Waals surface area contributed by atoms with Crippen molar-refractivity contribution in [2.24, 2.45) is 5.10 Å². The third kappa shape index (κ3) is 4.87. The number of aryl methyl sites for hydroxylation is 1. The number of carbonyl (C=O) groups is 1. The van der Waals surface area contributed by atoms with E-state index in [-0.39, 0.29) is 12.4 Å². The predicted octanol–water partition coefficient (Wildman–Crippen LogP) is 3.54. The Balaban J connectivity index is 1.87. The zero-order chi connectivity index (χ0) is 16.8. The van der Waals surface area contributed by atoms with Gasteiger partial charge in [-0.1, -0.05) is 35.3 Å². The highest BCUT2D eigenvalue weighted by Crippen LogP contribution is 2.27. The van der Waals surface area contributed by atoms with E-state index in [0.29, 0.717) is 21.4 Å². The molecule has 0 radical (unpaired) electrons. The molecule has 0 unspecified atom stereocenters. The van der Waals surface area contributed by atoms with Crippen molar-refractivity contribution in [3.63, 3.8) is 0 Å². The third-order valence-corrected chi connectivity index (χ3v) is 3.45. The van der Waals surface area contributed by atoms with E-state index in [2.05, 4.69) is 10.5 Å². The molecule has 0 bridgehead atoms. The van der Waals surface area contributed by atoms with Gasteiger partial charge in [0.1, 0.15) is 11.5 Å². The number of phenolic OH excluding ortho intramolecular Hbond substituents is 1. The van der Waals surface area contributed by atoms with Crippen LogP contribution in [0.4, 0.5) is 0 Å². The largest absolute Gasteiger partial charge is 0.507 e. The molecule has 0 saturated carbocycles. The van der Waals surface area contributed by atoms with Crippen molar-refractivity contribution in [3.05, 3.63) is 57.6 Å². The molecule has 0 heterocycles. The lowest BCUT2D eigenvalue weighted by Gasteiger charge is -2.07. The Morgan fingerprint density at radius 2 is 2.13 bits per heavy atom. The summed E-state index contributed by atoms with van der Waals surface area (Å²) < 4.78 is 5.27. The molecule has 0 aliphatic rings. The molecule has 0 fully saturated rings. The van der Waals surface area contributed by atoms with E-state index in [9.17, 15) is 9.90 Å². The number of halogens is 2. The van der Waals surface area contributed by atoms with Gasteiger partial charge < -0.3 is 9.84 Å². The van der Waals surface area contributed by atoms with Crippen molar-refractivity contribution in [3.8, 4) is 11.5 Å². The number of amides is 1. The number of hydrazone groups is 1. The van der Waals surface area contributed by atoms with Gasteiger partial charge in [0.05, 0.1) is 11.2 Å². The lowest BCUT2D eigenvalue weighted by atomic mass is 10.1. The highest BCUT2D eigenvalue weighted by atomic mass is 35.5. The second-order valence-corrected chi connectivity index (χ2v) is 5.51. The van der Waals surface area contributed by atoms with Crippen molar-refractivity contribution < 1.29 is 14.6 Å². The maximum atomic E-state index is 11.7. The first kappa shape index (κ1) is 17.1. The van der Waals surface area contributed by atoms with Crippen LogP contribution in [0.15, 0.2) is 41.5 Å². The SMILES string of the molecule is Cc1cccc(C=NNC(=O)COc2ccc(Cl)cc2Cl)c1O. The molecule has 5 nitrogen and oxygen atoms in total. The molecule has 0 aromatic heterocycles. The van der Waals surface area contributed by atoms with E-state index in [0.717, 1.165) is 5.56 Å². The van der Waals surface area contributed by atoms with Crippen LogP contribution < -0.4 is 10.2 Å².